The molecule has 0 aliphatic heterocycles. The van der Waals surface area contributed by atoms with Crippen LogP contribution >= 0.6 is 0 Å². The zero-order chi connectivity index (χ0) is 0. The van der Waals surface area contributed by atoms with Crippen molar-refractivity contribution in [2.24, 2.45) is 0 Å². The van der Waals surface area contributed by atoms with Gasteiger partial charge in [0.15, 0.2) is 0 Å². The van der Waals surface area contributed by atoms with Gasteiger partial charge in [0.1, 0.15) is 0 Å². The van der Waals surface area contributed by atoms with Crippen molar-refractivity contribution in [3.8, 4) is 0 Å². The first-order valence-corrected chi connectivity index (χ1v) is 0. The molecule has 4 heteroatoms. The molecule has 0 atom stereocenters. The molecule has 0 rings (SSSR count). The Bertz CT molecular complexity index is 6.00. The van der Waals surface area contributed by atoms with Gasteiger partial charge in [0.05, 0.1) is 0 Å². The normalized spacial score (nSPS) is 0. The van der Waals surface area contributed by atoms with Crippen molar-refractivity contribution < 1.29 is 17.1 Å². The Labute approximate surface area is 80.9 Å². The molecule has 20 valence electrons. The standard InChI is InChI=1S/Fe.H3N.2Na.2H/h;1H3;;;;. The van der Waals surface area contributed by atoms with E-state index < -0.39 is 0 Å². The maximum absolute atomic E-state index is 0. The molecule has 0 radical (unpaired) electrons. The van der Waals surface area contributed by atoms with Crippen LogP contribution in [0.25, 0.3) is 0 Å². The van der Waals surface area contributed by atoms with Crippen LogP contribution in [0.5, 0.6) is 0 Å². The summed E-state index contributed by atoms with van der Waals surface area (Å²) in [5, 5.41) is 0. The Morgan fingerprint density at radius 1 is 0.750 bits per heavy atom. The molecule has 1 nitrogen and oxygen atoms in total. The van der Waals surface area contributed by atoms with Gasteiger partial charge in [-0.15, -0.1) is 0 Å². The molecule has 0 saturated heterocycles. The van der Waals surface area contributed by atoms with Gasteiger partial charge in [-0.25, -0.2) is 0 Å². The fourth-order valence-corrected chi connectivity index (χ4v) is 0. The van der Waals surface area contributed by atoms with E-state index in [0.717, 1.165) is 0 Å². The van der Waals surface area contributed by atoms with E-state index in [-0.39, 0.29) is 82.3 Å². The molecule has 0 aromatic rings. The van der Waals surface area contributed by atoms with E-state index in [0.29, 0.717) is 0 Å². The van der Waals surface area contributed by atoms with E-state index in [1.54, 1.807) is 0 Å². The quantitative estimate of drug-likeness (QED) is 0.404. The molecule has 0 aromatic heterocycles. The molecule has 0 fully saturated rings. The van der Waals surface area contributed by atoms with E-state index in [1.807, 2.05) is 0 Å². The van der Waals surface area contributed by atoms with E-state index in [1.165, 1.54) is 0 Å². The van der Waals surface area contributed by atoms with E-state index in [4.69, 9.17) is 0 Å². The van der Waals surface area contributed by atoms with Gasteiger partial charge in [-0.3, -0.25) is 0 Å². The molecule has 0 bridgehead atoms. The SMILES string of the molecule is N.[Fe].[NaH].[NaH]. The summed E-state index contributed by atoms with van der Waals surface area (Å²) in [6, 6.07) is 0. The monoisotopic (exact) mass is 121 g/mol. The van der Waals surface area contributed by atoms with Crippen molar-refractivity contribution in [3.05, 3.63) is 0 Å². The summed E-state index contributed by atoms with van der Waals surface area (Å²) >= 11 is 0. The summed E-state index contributed by atoms with van der Waals surface area (Å²) in [6.45, 7) is 0. The molecule has 4 heavy (non-hydrogen) atoms. The van der Waals surface area contributed by atoms with Gasteiger partial charge >= 0.3 is 59.1 Å². The average molecular weight is 121 g/mol. The van der Waals surface area contributed by atoms with Gasteiger partial charge in [0, 0.05) is 17.1 Å². The molecule has 3 N–H and O–H groups in total. The number of rotatable bonds is 0. The summed E-state index contributed by atoms with van der Waals surface area (Å²) < 4.78 is 0. The second kappa shape index (κ2) is 17.9. The van der Waals surface area contributed by atoms with Gasteiger partial charge < -0.3 is 6.15 Å². The second-order valence-electron chi connectivity index (χ2n) is 0. The first-order chi connectivity index (χ1) is 0. The Morgan fingerprint density at radius 3 is 0.750 bits per heavy atom. The van der Waals surface area contributed by atoms with Crippen LogP contribution in [0.3, 0.4) is 0 Å². The van der Waals surface area contributed by atoms with Crippen molar-refractivity contribution in [2.75, 3.05) is 0 Å². The summed E-state index contributed by atoms with van der Waals surface area (Å²) in [5.74, 6) is 0. The minimum atomic E-state index is 0. The van der Waals surface area contributed by atoms with Crippen LogP contribution in [0.2, 0.25) is 0 Å². The summed E-state index contributed by atoms with van der Waals surface area (Å²) in [6.07, 6.45) is 0. The van der Waals surface area contributed by atoms with Crippen LogP contribution in [0.1, 0.15) is 0 Å². The summed E-state index contributed by atoms with van der Waals surface area (Å²) in [4.78, 5) is 0. The Hall–Kier alpha value is 2.48. The predicted molar refractivity (Wildman–Crippen MR) is 19.3 cm³/mol. The van der Waals surface area contributed by atoms with Crippen LogP contribution in [-0.4, -0.2) is 59.1 Å². The molecule has 0 aliphatic rings. The Morgan fingerprint density at radius 2 is 0.750 bits per heavy atom. The van der Waals surface area contributed by atoms with Crippen LogP contribution in [-0.2, 0) is 17.1 Å². The van der Waals surface area contributed by atoms with Crippen LogP contribution < -0.4 is 6.15 Å². The van der Waals surface area contributed by atoms with Gasteiger partial charge in [0.25, 0.3) is 0 Å². The van der Waals surface area contributed by atoms with Crippen molar-refractivity contribution in [1.82, 2.24) is 6.15 Å². The molecule has 0 aliphatic carbocycles. The van der Waals surface area contributed by atoms with Crippen LogP contribution in [0.15, 0.2) is 0 Å². The fraction of sp³-hybridized carbons (Fsp3) is 0. The third-order valence-electron chi connectivity index (χ3n) is 0. The molecule has 0 unspecified atom stereocenters. The molecule has 0 amide bonds. The first kappa shape index (κ1) is 31.6. The van der Waals surface area contributed by atoms with Crippen molar-refractivity contribution in [1.29, 1.82) is 0 Å². The van der Waals surface area contributed by atoms with Crippen molar-refractivity contribution >= 4 is 59.1 Å². The number of hydrogen-bond donors (Lipinski definition) is 1. The van der Waals surface area contributed by atoms with E-state index in [9.17, 15) is 0 Å². The minimum absolute atomic E-state index is 0. The molecule has 0 heterocycles. The van der Waals surface area contributed by atoms with E-state index in [2.05, 4.69) is 0 Å². The van der Waals surface area contributed by atoms with E-state index >= 15 is 0 Å². The van der Waals surface area contributed by atoms with Crippen LogP contribution in [0.4, 0.5) is 0 Å². The second-order valence-corrected chi connectivity index (χ2v) is 0. The maximum atomic E-state index is 0. The first-order valence-electron chi connectivity index (χ1n) is 0. The Kier molecular flexibility index (Phi) is 141. The molecular weight excluding hydrogens is 116 g/mol. The summed E-state index contributed by atoms with van der Waals surface area (Å²) in [5.41, 5.74) is 0. The third kappa shape index (κ3) is 8.82. The number of hydrogen-bond acceptors (Lipinski definition) is 1. The van der Waals surface area contributed by atoms with Crippen molar-refractivity contribution in [3.63, 3.8) is 0 Å². The molecular formula is H5FeNNa2. The average Bonchev–Trinajstić information content (AvgIpc) is 0. The molecule has 0 aromatic carbocycles. The van der Waals surface area contributed by atoms with Crippen molar-refractivity contribution in [2.45, 2.75) is 0 Å². The van der Waals surface area contributed by atoms with Gasteiger partial charge in [-0.2, -0.15) is 0 Å². The predicted octanol–water partition coefficient (Wildman–Crippen LogP) is -1.14. The van der Waals surface area contributed by atoms with Crippen LogP contribution in [0, 0.1) is 0 Å². The molecule has 0 saturated carbocycles. The molecule has 0 spiro atoms. The van der Waals surface area contributed by atoms with Gasteiger partial charge in [0.2, 0.25) is 0 Å². The topological polar surface area (TPSA) is 35.0 Å². The fourth-order valence-electron chi connectivity index (χ4n) is 0. The van der Waals surface area contributed by atoms with Gasteiger partial charge in [-0.1, -0.05) is 0 Å². The Balaban J connectivity index is 0. The zero-order valence-electron chi connectivity index (χ0n) is 1.06. The van der Waals surface area contributed by atoms with Gasteiger partial charge in [-0.05, 0) is 0 Å². The summed E-state index contributed by atoms with van der Waals surface area (Å²) in [7, 11) is 0. The third-order valence-corrected chi connectivity index (χ3v) is 0. The zero-order valence-corrected chi connectivity index (χ0v) is 2.16.